The molecule has 0 spiro atoms. The van der Waals surface area contributed by atoms with Gasteiger partial charge in [0, 0.05) is 8.07 Å². The Balaban J connectivity index is 2.23. The monoisotopic (exact) mass is 292 g/mol. The Hall–Kier alpha value is -0.603. The van der Waals surface area contributed by atoms with Crippen LogP contribution in [0.15, 0.2) is 36.0 Å². The summed E-state index contributed by atoms with van der Waals surface area (Å²) < 4.78 is 5.43. The molecule has 0 aromatic rings. The first-order chi connectivity index (χ1) is 9.26. The van der Waals surface area contributed by atoms with Crippen molar-refractivity contribution >= 4 is 8.07 Å². The Morgan fingerprint density at radius 1 is 1.15 bits per heavy atom. The van der Waals surface area contributed by atoms with Gasteiger partial charge in [0.1, 0.15) is 5.60 Å². The number of allylic oxidation sites excluding steroid dienone is 4. The molecule has 20 heavy (non-hydrogen) atoms. The van der Waals surface area contributed by atoms with Gasteiger partial charge in [-0.05, 0) is 45.6 Å². The Kier molecular flexibility index (Phi) is 6.47. The third-order valence-electron chi connectivity index (χ3n) is 3.79. The van der Waals surface area contributed by atoms with Crippen molar-refractivity contribution in [2.75, 3.05) is 6.61 Å². The molecule has 0 radical (unpaired) electrons. The smallest absolute Gasteiger partial charge is 0.110 e. The van der Waals surface area contributed by atoms with Crippen molar-refractivity contribution in [3.63, 3.8) is 0 Å². The number of hydrogen-bond acceptors (Lipinski definition) is 1. The quantitative estimate of drug-likeness (QED) is 0.300. The molecular formula is C18H32OSi. The van der Waals surface area contributed by atoms with Gasteiger partial charge >= 0.3 is 0 Å². The summed E-state index contributed by atoms with van der Waals surface area (Å²) in [7, 11) is -0.943. The summed E-state index contributed by atoms with van der Waals surface area (Å²) in [5.41, 5.74) is 3.10. The second-order valence-corrected chi connectivity index (χ2v) is 12.9. The standard InChI is InChI=1S/C18H32OSi/c1-7-18(15-19-18)13-9-12-16(2)10-8-11-17(3)14-20(4,5)6/h7,11-12H,1,8-10,13-15H2,2-6H3/b16-12+,17-11+. The molecule has 1 aliphatic rings. The van der Waals surface area contributed by atoms with Gasteiger partial charge < -0.3 is 4.74 Å². The molecule has 1 heterocycles. The molecule has 1 unspecified atom stereocenters. The first-order valence-corrected chi connectivity index (χ1v) is 11.6. The summed E-state index contributed by atoms with van der Waals surface area (Å²) in [5.74, 6) is 0. The summed E-state index contributed by atoms with van der Waals surface area (Å²) in [6.45, 7) is 16.5. The van der Waals surface area contributed by atoms with E-state index in [0.717, 1.165) is 19.4 Å². The van der Waals surface area contributed by atoms with Crippen LogP contribution < -0.4 is 0 Å². The molecule has 0 N–H and O–H groups in total. The Bertz CT molecular complexity index is 381. The van der Waals surface area contributed by atoms with Gasteiger partial charge in [0.15, 0.2) is 0 Å². The van der Waals surface area contributed by atoms with Gasteiger partial charge in [-0.2, -0.15) is 0 Å². The van der Waals surface area contributed by atoms with Crippen molar-refractivity contribution in [2.45, 2.75) is 70.8 Å². The highest BCUT2D eigenvalue weighted by atomic mass is 28.3. The largest absolute Gasteiger partial charge is 0.365 e. The van der Waals surface area contributed by atoms with Crippen molar-refractivity contribution < 1.29 is 4.74 Å². The highest BCUT2D eigenvalue weighted by Gasteiger charge is 2.40. The summed E-state index contributed by atoms with van der Waals surface area (Å²) in [5, 5.41) is 0. The average molecular weight is 293 g/mol. The van der Waals surface area contributed by atoms with Crippen LogP contribution in [0.4, 0.5) is 0 Å². The Labute approximate surface area is 126 Å². The second kappa shape index (κ2) is 7.42. The molecule has 1 rings (SSSR count). The maximum absolute atomic E-state index is 5.43. The van der Waals surface area contributed by atoms with E-state index >= 15 is 0 Å². The number of ether oxygens (including phenoxy) is 1. The topological polar surface area (TPSA) is 12.5 Å². The fraction of sp³-hybridized carbons (Fsp3) is 0.667. The summed E-state index contributed by atoms with van der Waals surface area (Å²) in [4.78, 5) is 0. The number of rotatable bonds is 9. The second-order valence-electron chi connectivity index (χ2n) is 7.47. The van der Waals surface area contributed by atoms with Gasteiger partial charge in [0.2, 0.25) is 0 Å². The zero-order valence-electron chi connectivity index (χ0n) is 14.1. The van der Waals surface area contributed by atoms with Crippen LogP contribution in [0, 0.1) is 0 Å². The minimum absolute atomic E-state index is 0.0185. The minimum Gasteiger partial charge on any atom is -0.365 e. The molecular weight excluding hydrogens is 260 g/mol. The van der Waals surface area contributed by atoms with E-state index < -0.39 is 8.07 Å². The van der Waals surface area contributed by atoms with Crippen LogP contribution in [0.3, 0.4) is 0 Å². The van der Waals surface area contributed by atoms with Gasteiger partial charge in [-0.25, -0.2) is 0 Å². The van der Waals surface area contributed by atoms with Gasteiger partial charge in [-0.3, -0.25) is 0 Å². The predicted molar refractivity (Wildman–Crippen MR) is 93.0 cm³/mol. The molecule has 114 valence electrons. The fourth-order valence-corrected chi connectivity index (χ4v) is 4.39. The van der Waals surface area contributed by atoms with E-state index in [1.807, 2.05) is 6.08 Å². The molecule has 1 saturated heterocycles. The Morgan fingerprint density at radius 3 is 2.25 bits per heavy atom. The SMILES string of the molecule is C=CC1(CC/C=C(\C)CC/C=C(\C)C[Si](C)(C)C)CO1. The highest BCUT2D eigenvalue weighted by molar-refractivity contribution is 6.76. The van der Waals surface area contributed by atoms with E-state index in [9.17, 15) is 0 Å². The van der Waals surface area contributed by atoms with E-state index in [0.29, 0.717) is 0 Å². The molecule has 0 aromatic carbocycles. The lowest BCUT2D eigenvalue weighted by Crippen LogP contribution is -2.19. The van der Waals surface area contributed by atoms with Crippen molar-refractivity contribution in [3.05, 3.63) is 36.0 Å². The lowest BCUT2D eigenvalue weighted by atomic mass is 10.0. The maximum Gasteiger partial charge on any atom is 0.110 e. The molecule has 1 atom stereocenters. The molecule has 0 saturated carbocycles. The molecule has 0 bridgehead atoms. The van der Waals surface area contributed by atoms with E-state index in [1.54, 1.807) is 5.57 Å². The molecule has 1 nitrogen and oxygen atoms in total. The van der Waals surface area contributed by atoms with E-state index in [-0.39, 0.29) is 5.60 Å². The van der Waals surface area contributed by atoms with Crippen LogP contribution in [0.5, 0.6) is 0 Å². The van der Waals surface area contributed by atoms with Gasteiger partial charge in [0.25, 0.3) is 0 Å². The van der Waals surface area contributed by atoms with E-state index in [2.05, 4.69) is 52.2 Å². The molecule has 0 amide bonds. The molecule has 1 fully saturated rings. The Morgan fingerprint density at radius 2 is 1.75 bits per heavy atom. The van der Waals surface area contributed by atoms with Crippen LogP contribution in [0.25, 0.3) is 0 Å². The summed E-state index contributed by atoms with van der Waals surface area (Å²) in [6.07, 6.45) is 11.3. The van der Waals surface area contributed by atoms with E-state index in [4.69, 9.17) is 4.74 Å². The average Bonchev–Trinajstić information content (AvgIpc) is 3.07. The highest BCUT2D eigenvalue weighted by Crippen LogP contribution is 2.33. The first kappa shape index (κ1) is 17.4. The molecule has 0 aromatic heterocycles. The third kappa shape index (κ3) is 7.25. The van der Waals surface area contributed by atoms with Gasteiger partial charge in [-0.15, -0.1) is 6.58 Å². The normalized spacial score (nSPS) is 23.9. The van der Waals surface area contributed by atoms with Crippen LogP contribution in [-0.2, 0) is 4.74 Å². The third-order valence-corrected chi connectivity index (χ3v) is 5.41. The molecule has 2 heteroatoms. The predicted octanol–water partition coefficient (Wildman–Crippen LogP) is 5.73. The molecule has 0 aliphatic carbocycles. The van der Waals surface area contributed by atoms with Crippen LogP contribution in [0.2, 0.25) is 25.7 Å². The zero-order valence-corrected chi connectivity index (χ0v) is 15.1. The van der Waals surface area contributed by atoms with Crippen LogP contribution in [0.1, 0.15) is 39.5 Å². The molecule has 1 aliphatic heterocycles. The van der Waals surface area contributed by atoms with Crippen molar-refractivity contribution in [1.82, 2.24) is 0 Å². The van der Waals surface area contributed by atoms with Crippen molar-refractivity contribution in [3.8, 4) is 0 Å². The van der Waals surface area contributed by atoms with Gasteiger partial charge in [0.05, 0.1) is 6.61 Å². The summed E-state index contributed by atoms with van der Waals surface area (Å²) >= 11 is 0. The van der Waals surface area contributed by atoms with Crippen LogP contribution >= 0.6 is 0 Å². The first-order valence-electron chi connectivity index (χ1n) is 7.85. The zero-order chi connectivity index (χ0) is 15.2. The van der Waals surface area contributed by atoms with Gasteiger partial charge in [-0.1, -0.05) is 49.0 Å². The number of hydrogen-bond donors (Lipinski definition) is 0. The van der Waals surface area contributed by atoms with Crippen molar-refractivity contribution in [1.29, 1.82) is 0 Å². The summed E-state index contributed by atoms with van der Waals surface area (Å²) in [6, 6.07) is 1.33. The number of epoxide rings is 1. The lowest BCUT2D eigenvalue weighted by molar-refractivity contribution is 0.338. The fourth-order valence-electron chi connectivity index (χ4n) is 2.58. The minimum atomic E-state index is -0.943. The van der Waals surface area contributed by atoms with Crippen LogP contribution in [-0.4, -0.2) is 20.3 Å². The maximum atomic E-state index is 5.43. The van der Waals surface area contributed by atoms with E-state index in [1.165, 1.54) is 24.5 Å². The van der Waals surface area contributed by atoms with Crippen molar-refractivity contribution in [2.24, 2.45) is 0 Å². The lowest BCUT2D eigenvalue weighted by Gasteiger charge is -2.15.